The summed E-state index contributed by atoms with van der Waals surface area (Å²) in [5.41, 5.74) is 4.44. The Morgan fingerprint density at radius 2 is 1.43 bits per heavy atom. The minimum Gasteiger partial charge on any atom is -0.493 e. The second kappa shape index (κ2) is 15.0. The van der Waals surface area contributed by atoms with Gasteiger partial charge in [-0.15, -0.1) is 0 Å². The second-order valence-corrected chi connectivity index (χ2v) is 9.46. The Balaban J connectivity index is 1.76. The molecule has 0 aliphatic rings. The normalized spacial score (nSPS) is 11.8. The van der Waals surface area contributed by atoms with E-state index in [1.807, 2.05) is 42.5 Å². The summed E-state index contributed by atoms with van der Waals surface area (Å²) >= 11 is 3.45. The molecule has 1 unspecified atom stereocenters. The zero-order valence-corrected chi connectivity index (χ0v) is 22.9. The largest absolute Gasteiger partial charge is 0.493 e. The molecule has 0 aliphatic carbocycles. The first-order valence-electron chi connectivity index (χ1n) is 12.3. The van der Waals surface area contributed by atoms with Gasteiger partial charge in [0, 0.05) is 10.9 Å². The average molecular weight is 566 g/mol. The van der Waals surface area contributed by atoms with Crippen molar-refractivity contribution in [3.05, 3.63) is 107 Å². The number of carbonyl (C=O) groups is 2. The average Bonchev–Trinajstić information content (AvgIpc) is 2.95. The Kier molecular flexibility index (Phi) is 11.4. The predicted molar refractivity (Wildman–Crippen MR) is 150 cm³/mol. The van der Waals surface area contributed by atoms with Crippen LogP contribution in [0.25, 0.3) is 6.08 Å². The summed E-state index contributed by atoms with van der Waals surface area (Å²) in [6.07, 6.45) is 7.92. The molecule has 3 aromatic carbocycles. The summed E-state index contributed by atoms with van der Waals surface area (Å²) in [5.74, 6) is 0.453. The number of para-hydroxylation sites is 1. The van der Waals surface area contributed by atoms with Crippen LogP contribution in [0.5, 0.6) is 5.75 Å². The van der Waals surface area contributed by atoms with Gasteiger partial charge in [0.1, 0.15) is 5.75 Å². The van der Waals surface area contributed by atoms with E-state index in [-0.39, 0.29) is 17.9 Å². The number of carbonyl (C=O) groups excluding carboxylic acids is 2. The van der Waals surface area contributed by atoms with E-state index >= 15 is 0 Å². The molecule has 0 fully saturated rings. The molecule has 0 saturated carbocycles. The van der Waals surface area contributed by atoms with Crippen LogP contribution in [0.15, 0.2) is 78.9 Å². The first-order chi connectivity index (χ1) is 18.0. The number of ether oxygens (including phenoxy) is 3. The number of allylic oxidation sites excluding steroid dienone is 1. The van der Waals surface area contributed by atoms with Gasteiger partial charge in [-0.2, -0.15) is 0 Å². The summed E-state index contributed by atoms with van der Waals surface area (Å²) in [6.45, 7) is 0.660. The van der Waals surface area contributed by atoms with Crippen LogP contribution in [0.3, 0.4) is 0 Å². The van der Waals surface area contributed by atoms with Gasteiger partial charge in [-0.05, 0) is 73.1 Å². The lowest BCUT2D eigenvalue weighted by Crippen LogP contribution is -2.06. The van der Waals surface area contributed by atoms with E-state index < -0.39 is 0 Å². The molecule has 194 valence electrons. The van der Waals surface area contributed by atoms with E-state index in [9.17, 15) is 9.59 Å². The highest BCUT2D eigenvalue weighted by Gasteiger charge is 2.11. The van der Waals surface area contributed by atoms with E-state index in [2.05, 4.69) is 34.1 Å². The molecule has 0 saturated heterocycles. The van der Waals surface area contributed by atoms with Crippen LogP contribution in [0.4, 0.5) is 0 Å². The van der Waals surface area contributed by atoms with Gasteiger partial charge in [0.2, 0.25) is 0 Å². The molecular weight excluding hydrogens is 532 g/mol. The molecule has 0 N–H and O–H groups in total. The van der Waals surface area contributed by atoms with Crippen molar-refractivity contribution in [3.63, 3.8) is 0 Å². The third-order valence-electron chi connectivity index (χ3n) is 6.05. The maximum Gasteiger partial charge on any atom is 0.337 e. The molecule has 37 heavy (non-hydrogen) atoms. The summed E-state index contributed by atoms with van der Waals surface area (Å²) in [7, 11) is 2.77. The minimum atomic E-state index is -0.338. The lowest BCUT2D eigenvalue weighted by Gasteiger charge is -2.15. The molecule has 3 aromatic rings. The van der Waals surface area contributed by atoms with Gasteiger partial charge in [0.15, 0.2) is 0 Å². The highest BCUT2D eigenvalue weighted by molar-refractivity contribution is 9.09. The lowest BCUT2D eigenvalue weighted by atomic mass is 9.91. The van der Waals surface area contributed by atoms with Crippen LogP contribution < -0.4 is 4.74 Å². The Morgan fingerprint density at radius 3 is 2.03 bits per heavy atom. The first kappa shape index (κ1) is 28.2. The molecule has 6 heteroatoms. The van der Waals surface area contributed by atoms with Crippen molar-refractivity contribution in [1.82, 2.24) is 0 Å². The monoisotopic (exact) mass is 564 g/mol. The number of hydrogen-bond donors (Lipinski definition) is 0. The summed E-state index contributed by atoms with van der Waals surface area (Å²) in [6, 6.07) is 23.2. The molecule has 1 atom stereocenters. The van der Waals surface area contributed by atoms with Gasteiger partial charge >= 0.3 is 11.9 Å². The van der Waals surface area contributed by atoms with Crippen molar-refractivity contribution >= 4 is 33.9 Å². The Bertz CT molecular complexity index is 1170. The van der Waals surface area contributed by atoms with Crippen LogP contribution in [0, 0.1) is 5.92 Å². The topological polar surface area (TPSA) is 61.8 Å². The molecular formula is C31H33BrO5. The number of aryl methyl sites for hydroxylation is 1. The van der Waals surface area contributed by atoms with Gasteiger partial charge in [-0.25, -0.2) is 9.59 Å². The van der Waals surface area contributed by atoms with Crippen LogP contribution in [-0.2, 0) is 22.3 Å². The van der Waals surface area contributed by atoms with Crippen LogP contribution in [0.1, 0.15) is 50.2 Å². The maximum atomic E-state index is 11.8. The highest BCUT2D eigenvalue weighted by atomic mass is 79.9. The van der Waals surface area contributed by atoms with Crippen molar-refractivity contribution in [2.45, 2.75) is 25.7 Å². The van der Waals surface area contributed by atoms with Crippen LogP contribution in [0.2, 0.25) is 0 Å². The quantitative estimate of drug-likeness (QED) is 0.128. The fourth-order valence-corrected chi connectivity index (χ4v) is 4.20. The van der Waals surface area contributed by atoms with E-state index in [0.29, 0.717) is 17.7 Å². The lowest BCUT2D eigenvalue weighted by molar-refractivity contribution is 0.0592. The van der Waals surface area contributed by atoms with Crippen LogP contribution in [-0.4, -0.2) is 38.1 Å². The Labute approximate surface area is 227 Å². The summed E-state index contributed by atoms with van der Waals surface area (Å²) in [5, 5.41) is 0.905. The fraction of sp³-hybridized carbons (Fsp3) is 0.290. The molecule has 0 radical (unpaired) electrons. The fourth-order valence-electron chi connectivity index (χ4n) is 3.97. The molecule has 0 heterocycles. The number of halogens is 1. The molecule has 3 rings (SSSR count). The van der Waals surface area contributed by atoms with Gasteiger partial charge in [-0.3, -0.25) is 0 Å². The van der Waals surface area contributed by atoms with Crippen molar-refractivity contribution in [2.24, 2.45) is 5.92 Å². The van der Waals surface area contributed by atoms with Crippen molar-refractivity contribution in [3.8, 4) is 5.75 Å². The predicted octanol–water partition coefficient (Wildman–Crippen LogP) is 6.93. The molecule has 0 bridgehead atoms. The second-order valence-electron chi connectivity index (χ2n) is 8.67. The van der Waals surface area contributed by atoms with Gasteiger partial charge < -0.3 is 14.2 Å². The number of alkyl halides is 1. The van der Waals surface area contributed by atoms with Crippen LogP contribution >= 0.6 is 15.9 Å². The van der Waals surface area contributed by atoms with Crippen molar-refractivity contribution in [2.75, 3.05) is 26.2 Å². The van der Waals surface area contributed by atoms with E-state index in [1.54, 1.807) is 24.3 Å². The standard InChI is InChI=1S/C31H33BrO5/c1-35-30(33)27-16-10-23(11-17-27)8-9-24(22-25-13-18-28(19-14-25)31(34)36-2)12-15-26-6-3-4-7-29(26)37-21-5-20-32/h3-4,6-7,10-19,24H,5,8-9,20-22H2,1-2H3. The Morgan fingerprint density at radius 1 is 0.838 bits per heavy atom. The van der Waals surface area contributed by atoms with E-state index in [1.165, 1.54) is 14.2 Å². The zero-order valence-electron chi connectivity index (χ0n) is 21.3. The Hall–Kier alpha value is -3.38. The summed E-state index contributed by atoms with van der Waals surface area (Å²) < 4.78 is 15.6. The maximum absolute atomic E-state index is 11.8. The van der Waals surface area contributed by atoms with Gasteiger partial charge in [0.25, 0.3) is 0 Å². The third-order valence-corrected chi connectivity index (χ3v) is 6.61. The molecule has 5 nitrogen and oxygen atoms in total. The van der Waals surface area contributed by atoms with E-state index in [4.69, 9.17) is 14.2 Å². The SMILES string of the molecule is COC(=O)c1ccc(CCC(C=Cc2ccccc2OCCCBr)Cc2ccc(C(=O)OC)cc2)cc1. The molecule has 0 aliphatic heterocycles. The number of benzene rings is 3. The number of hydrogen-bond acceptors (Lipinski definition) is 5. The zero-order chi connectivity index (χ0) is 26.5. The summed E-state index contributed by atoms with van der Waals surface area (Å²) in [4.78, 5) is 23.5. The number of rotatable bonds is 13. The molecule has 0 amide bonds. The van der Waals surface area contributed by atoms with Gasteiger partial charge in [0.05, 0.1) is 32.0 Å². The first-order valence-corrected chi connectivity index (χ1v) is 13.5. The molecule has 0 spiro atoms. The number of methoxy groups -OCH3 is 2. The molecule has 0 aromatic heterocycles. The number of esters is 2. The van der Waals surface area contributed by atoms with E-state index in [0.717, 1.165) is 53.5 Å². The smallest absolute Gasteiger partial charge is 0.337 e. The van der Waals surface area contributed by atoms with Crippen molar-refractivity contribution < 1.29 is 23.8 Å². The third kappa shape index (κ3) is 8.90. The highest BCUT2D eigenvalue weighted by Crippen LogP contribution is 2.24. The minimum absolute atomic E-state index is 0.250. The van der Waals surface area contributed by atoms with Crippen molar-refractivity contribution in [1.29, 1.82) is 0 Å². The van der Waals surface area contributed by atoms with Gasteiger partial charge in [-0.1, -0.05) is 70.5 Å².